The van der Waals surface area contributed by atoms with Gasteiger partial charge in [0.15, 0.2) is 23.3 Å². The molecule has 0 radical (unpaired) electrons. The highest BCUT2D eigenvalue weighted by Gasteiger charge is 2.29. The van der Waals surface area contributed by atoms with E-state index in [0.29, 0.717) is 45.9 Å². The van der Waals surface area contributed by atoms with Crippen LogP contribution in [0.5, 0.6) is 0 Å². The maximum atomic E-state index is 5.57. The van der Waals surface area contributed by atoms with E-state index in [-0.39, 0.29) is 0 Å². The summed E-state index contributed by atoms with van der Waals surface area (Å²) >= 11 is 0. The minimum atomic E-state index is 0.546. The summed E-state index contributed by atoms with van der Waals surface area (Å²) in [4.78, 5) is 39.5. The Kier molecular flexibility index (Phi) is 8.04. The zero-order valence-electron chi connectivity index (χ0n) is 34.2. The molecule has 0 amide bonds. The van der Waals surface area contributed by atoms with Gasteiger partial charge in [-0.05, 0) is 33.4 Å². The second-order valence-electron chi connectivity index (χ2n) is 16.0. The van der Waals surface area contributed by atoms with Gasteiger partial charge in [-0.15, -0.1) is 0 Å². The zero-order valence-corrected chi connectivity index (χ0v) is 34.2. The Balaban J connectivity index is 1.32. The van der Waals surface area contributed by atoms with E-state index < -0.39 is 0 Å². The van der Waals surface area contributed by atoms with Crippen molar-refractivity contribution >= 4 is 44.1 Å². The fourth-order valence-corrected chi connectivity index (χ4v) is 9.47. The van der Waals surface area contributed by atoms with Crippen LogP contribution in [0.15, 0.2) is 194 Å². The van der Waals surface area contributed by atoms with E-state index in [0.717, 1.165) is 88.3 Å². The molecule has 8 bridgehead atoms. The van der Waals surface area contributed by atoms with Gasteiger partial charge in [-0.3, -0.25) is 0 Å². The molecule has 5 heterocycles. The molecule has 8 heteroatoms. The lowest BCUT2D eigenvalue weighted by Gasteiger charge is -2.22. The Labute approximate surface area is 366 Å². The normalized spacial score (nSPS) is 11.8. The summed E-state index contributed by atoms with van der Waals surface area (Å²) in [7, 11) is 0. The first-order valence-electron chi connectivity index (χ1n) is 21.3. The van der Waals surface area contributed by atoms with Crippen LogP contribution in [0, 0.1) is 0 Å². The standard InChI is InChI=1S/C56H34N8/c1-5-19-33(20-6-1)43-44(34-21-7-2-8-22-34)46(36-25-11-4-12-26-36)48-47(45(43)35-23-9-3-10-24-35)55-62-53-41-31-17-15-29-39(41)51(60-53)58-49-37-27-13-14-28-38(37)50(57-49)59-52-40-30-16-18-32-42(40)54(61-52)63-56(48)64-55/h1-32H,(H2,57,58,59,60,61,62,63,64). The molecule has 3 aromatic heterocycles. The second kappa shape index (κ2) is 14.4. The third kappa shape index (κ3) is 5.63. The van der Waals surface area contributed by atoms with Gasteiger partial charge in [-0.1, -0.05) is 194 Å². The average molecular weight is 819 g/mol. The van der Waals surface area contributed by atoms with Crippen LogP contribution in [0.3, 0.4) is 0 Å². The van der Waals surface area contributed by atoms with E-state index in [1.807, 2.05) is 36.4 Å². The van der Waals surface area contributed by atoms with Crippen LogP contribution in [0.25, 0.3) is 134 Å². The predicted octanol–water partition coefficient (Wildman–Crippen LogP) is 13.5. The SMILES string of the molecule is c1ccc(-c2c(-c3ccccc3)c(-c3ccccc3)c3c4nc5nc(nc6[nH]c(nc7nc(nc([nH]4)c3c2-c2ccccc2)-c2ccccc2-7)c2ccccc62)-c2ccccc2-5)cc1. The molecule has 0 atom stereocenters. The molecular formula is C56H34N8. The highest BCUT2D eigenvalue weighted by molar-refractivity contribution is 6.26. The van der Waals surface area contributed by atoms with Crippen LogP contribution in [-0.4, -0.2) is 39.9 Å². The molecule has 0 spiro atoms. The average Bonchev–Trinajstić information content (AvgIpc) is 4.10. The van der Waals surface area contributed by atoms with Gasteiger partial charge in [0.1, 0.15) is 22.6 Å². The quantitative estimate of drug-likeness (QED) is 0.183. The van der Waals surface area contributed by atoms with E-state index >= 15 is 0 Å². The molecule has 2 N–H and O–H groups in total. The Morgan fingerprint density at radius 1 is 0.234 bits per heavy atom. The van der Waals surface area contributed by atoms with Crippen molar-refractivity contribution in [3.8, 4) is 90.1 Å². The van der Waals surface area contributed by atoms with Crippen molar-refractivity contribution < 1.29 is 0 Å². The van der Waals surface area contributed by atoms with Crippen molar-refractivity contribution in [3.63, 3.8) is 0 Å². The van der Waals surface area contributed by atoms with Crippen LogP contribution in [0.4, 0.5) is 0 Å². The van der Waals surface area contributed by atoms with Crippen LogP contribution in [-0.2, 0) is 0 Å². The topological polar surface area (TPSA) is 109 Å². The van der Waals surface area contributed by atoms with Gasteiger partial charge in [0.05, 0.1) is 0 Å². The minimum Gasteiger partial charge on any atom is -0.324 e. The largest absolute Gasteiger partial charge is 0.324 e. The first kappa shape index (κ1) is 35.8. The molecule has 8 aromatic carbocycles. The summed E-state index contributed by atoms with van der Waals surface area (Å²) in [5.74, 6) is 2.21. The molecule has 0 saturated carbocycles. The number of aromatic nitrogens is 8. The van der Waals surface area contributed by atoms with Crippen LogP contribution < -0.4 is 0 Å². The Morgan fingerprint density at radius 3 is 0.844 bits per heavy atom. The number of hydrogen-bond acceptors (Lipinski definition) is 6. The minimum absolute atomic E-state index is 0.546. The van der Waals surface area contributed by atoms with E-state index in [1.54, 1.807) is 0 Å². The number of benzene rings is 8. The van der Waals surface area contributed by atoms with Gasteiger partial charge in [0.25, 0.3) is 0 Å². The molecule has 0 fully saturated rings. The molecule has 0 unspecified atom stereocenters. The Hall–Kier alpha value is -8.88. The van der Waals surface area contributed by atoms with Crippen molar-refractivity contribution in [2.75, 3.05) is 0 Å². The molecule has 0 aliphatic carbocycles. The van der Waals surface area contributed by atoms with Crippen molar-refractivity contribution in [1.29, 1.82) is 0 Å². The molecule has 64 heavy (non-hydrogen) atoms. The molecule has 2 aliphatic rings. The smallest absolute Gasteiger partial charge is 0.164 e. The summed E-state index contributed by atoms with van der Waals surface area (Å²) in [6.07, 6.45) is 0. The van der Waals surface area contributed by atoms with E-state index in [9.17, 15) is 0 Å². The molecule has 0 saturated heterocycles. The van der Waals surface area contributed by atoms with E-state index in [2.05, 4.69) is 168 Å². The lowest BCUT2D eigenvalue weighted by atomic mass is 9.80. The van der Waals surface area contributed by atoms with Gasteiger partial charge in [0, 0.05) is 54.9 Å². The fraction of sp³-hybridized carbons (Fsp3) is 0. The molecular weight excluding hydrogens is 785 g/mol. The highest BCUT2D eigenvalue weighted by atomic mass is 15.1. The van der Waals surface area contributed by atoms with Crippen LogP contribution in [0.2, 0.25) is 0 Å². The van der Waals surface area contributed by atoms with Crippen molar-refractivity contribution in [2.24, 2.45) is 0 Å². The third-order valence-electron chi connectivity index (χ3n) is 12.2. The highest BCUT2D eigenvalue weighted by Crippen LogP contribution is 2.53. The molecule has 11 aromatic rings. The zero-order chi connectivity index (χ0) is 42.1. The third-order valence-corrected chi connectivity index (χ3v) is 12.2. The maximum absolute atomic E-state index is 5.57. The summed E-state index contributed by atoms with van der Waals surface area (Å²) in [5, 5.41) is 3.69. The van der Waals surface area contributed by atoms with Gasteiger partial charge in [-0.2, -0.15) is 0 Å². The number of nitrogens with zero attached hydrogens (tertiary/aromatic N) is 6. The van der Waals surface area contributed by atoms with Gasteiger partial charge >= 0.3 is 0 Å². The van der Waals surface area contributed by atoms with E-state index in [1.165, 1.54) is 0 Å². The van der Waals surface area contributed by atoms with Crippen molar-refractivity contribution in [1.82, 2.24) is 39.9 Å². The molecule has 8 nitrogen and oxygen atoms in total. The second-order valence-corrected chi connectivity index (χ2v) is 16.0. The van der Waals surface area contributed by atoms with Crippen molar-refractivity contribution in [2.45, 2.75) is 0 Å². The number of fused-ring (bicyclic) bond motifs is 20. The maximum Gasteiger partial charge on any atom is 0.164 e. The fourth-order valence-electron chi connectivity index (χ4n) is 9.47. The van der Waals surface area contributed by atoms with Crippen molar-refractivity contribution in [3.05, 3.63) is 194 Å². The van der Waals surface area contributed by atoms with Gasteiger partial charge < -0.3 is 9.97 Å². The van der Waals surface area contributed by atoms with E-state index in [4.69, 9.17) is 29.9 Å². The van der Waals surface area contributed by atoms with Gasteiger partial charge in [0.2, 0.25) is 0 Å². The predicted molar refractivity (Wildman–Crippen MR) is 258 cm³/mol. The lowest BCUT2D eigenvalue weighted by Crippen LogP contribution is -1.97. The molecule has 298 valence electrons. The molecule has 13 rings (SSSR count). The number of hydrogen-bond donors (Lipinski definition) is 2. The first-order valence-corrected chi connectivity index (χ1v) is 21.3. The van der Waals surface area contributed by atoms with Crippen LogP contribution >= 0.6 is 0 Å². The lowest BCUT2D eigenvalue weighted by molar-refractivity contribution is 1.19. The monoisotopic (exact) mass is 818 g/mol. The number of nitrogens with one attached hydrogen (secondary N) is 2. The number of rotatable bonds is 4. The summed E-state index contributed by atoms with van der Waals surface area (Å²) in [6.45, 7) is 0. The molecule has 2 aliphatic heterocycles. The first-order chi connectivity index (χ1) is 31.7. The summed E-state index contributed by atoms with van der Waals surface area (Å²) < 4.78 is 0. The van der Waals surface area contributed by atoms with Crippen LogP contribution in [0.1, 0.15) is 0 Å². The summed E-state index contributed by atoms with van der Waals surface area (Å²) in [5.41, 5.74) is 14.6. The number of H-pyrrole nitrogens is 2. The number of aromatic amines is 2. The van der Waals surface area contributed by atoms with Gasteiger partial charge in [-0.25, -0.2) is 29.9 Å². The Morgan fingerprint density at radius 2 is 0.500 bits per heavy atom. The Bertz CT molecular complexity index is 3580. The summed E-state index contributed by atoms with van der Waals surface area (Å²) in [6, 6.07) is 67.1.